The molecule has 0 unspecified atom stereocenters. The number of thiazole rings is 1. The zero-order valence-corrected chi connectivity index (χ0v) is 10.4. The summed E-state index contributed by atoms with van der Waals surface area (Å²) in [5, 5.41) is 6.12. The van der Waals surface area contributed by atoms with E-state index in [1.54, 1.807) is 11.3 Å². The molecule has 2 rings (SSSR count). The molecule has 0 saturated carbocycles. The van der Waals surface area contributed by atoms with Gasteiger partial charge in [-0.25, -0.2) is 9.97 Å². The topological polar surface area (TPSA) is 50.7 Å². The molecule has 2 aromatic rings. The Hall–Kier alpha value is -1.49. The molecule has 4 nitrogen and oxygen atoms in total. The van der Waals surface area contributed by atoms with Crippen LogP contribution in [-0.2, 0) is 6.42 Å². The summed E-state index contributed by atoms with van der Waals surface area (Å²) < 4.78 is 0. The second-order valence-electron chi connectivity index (χ2n) is 3.54. The minimum absolute atomic E-state index is 0.738. The van der Waals surface area contributed by atoms with Crippen molar-refractivity contribution >= 4 is 17.2 Å². The second-order valence-corrected chi connectivity index (χ2v) is 4.52. The molecule has 2 aromatic heterocycles. The highest BCUT2D eigenvalue weighted by atomic mass is 32.1. The van der Waals surface area contributed by atoms with Gasteiger partial charge in [0.2, 0.25) is 0 Å². The predicted octanol–water partition coefficient (Wildman–Crippen LogP) is 2.18. The molecule has 0 aliphatic carbocycles. The molecule has 1 N–H and O–H groups in total. The Balaban J connectivity index is 2.36. The maximum Gasteiger partial charge on any atom is 0.148 e. The quantitative estimate of drug-likeness (QED) is 0.884. The predicted molar refractivity (Wildman–Crippen MR) is 66.0 cm³/mol. The zero-order chi connectivity index (χ0) is 11.5. The van der Waals surface area contributed by atoms with E-state index in [0.29, 0.717) is 0 Å². The highest BCUT2D eigenvalue weighted by Crippen LogP contribution is 2.17. The molecule has 0 saturated heterocycles. The second kappa shape index (κ2) is 4.57. The Morgan fingerprint density at radius 2 is 2.00 bits per heavy atom. The van der Waals surface area contributed by atoms with Gasteiger partial charge < -0.3 is 5.32 Å². The average Bonchev–Trinajstić information content (AvgIpc) is 2.76. The normalized spacial score (nSPS) is 10.4. The lowest BCUT2D eigenvalue weighted by molar-refractivity contribution is 0.955. The van der Waals surface area contributed by atoms with E-state index in [1.165, 1.54) is 0 Å². The Kier molecular flexibility index (Phi) is 3.14. The number of aryl methyl sites for hydroxylation is 2. The summed E-state index contributed by atoms with van der Waals surface area (Å²) in [5.74, 6) is 0.846. The van der Waals surface area contributed by atoms with Crippen molar-refractivity contribution in [1.82, 2.24) is 15.0 Å². The van der Waals surface area contributed by atoms with Gasteiger partial charge in [0.1, 0.15) is 5.82 Å². The largest absolute Gasteiger partial charge is 0.372 e. The standard InChI is InChI=1S/C11H14N4S/c1-7-8(2)15-11(12-3)9(14-7)6-10-13-4-5-16-10/h4-5H,6H2,1-3H3,(H,12,15). The van der Waals surface area contributed by atoms with E-state index in [4.69, 9.17) is 0 Å². The van der Waals surface area contributed by atoms with Crippen LogP contribution in [-0.4, -0.2) is 22.0 Å². The van der Waals surface area contributed by atoms with Crippen LogP contribution in [0.15, 0.2) is 11.6 Å². The third kappa shape index (κ3) is 2.19. The van der Waals surface area contributed by atoms with E-state index in [1.807, 2.05) is 32.5 Å². The van der Waals surface area contributed by atoms with Crippen molar-refractivity contribution in [3.8, 4) is 0 Å². The molecule has 84 valence electrons. The van der Waals surface area contributed by atoms with Crippen molar-refractivity contribution in [3.05, 3.63) is 33.7 Å². The van der Waals surface area contributed by atoms with E-state index in [2.05, 4.69) is 20.3 Å². The summed E-state index contributed by atoms with van der Waals surface area (Å²) in [6, 6.07) is 0. The van der Waals surface area contributed by atoms with Crippen LogP contribution in [0, 0.1) is 13.8 Å². The molecule has 0 aromatic carbocycles. The number of nitrogens with zero attached hydrogens (tertiary/aromatic N) is 3. The minimum atomic E-state index is 0.738. The van der Waals surface area contributed by atoms with Crippen LogP contribution in [0.4, 0.5) is 5.82 Å². The summed E-state index contributed by atoms with van der Waals surface area (Å²) in [5.41, 5.74) is 2.90. The fourth-order valence-corrected chi connectivity index (χ4v) is 2.08. The molecule has 0 atom stereocenters. The smallest absolute Gasteiger partial charge is 0.148 e. The first-order valence-electron chi connectivity index (χ1n) is 5.11. The van der Waals surface area contributed by atoms with E-state index in [9.17, 15) is 0 Å². The third-order valence-electron chi connectivity index (χ3n) is 2.42. The van der Waals surface area contributed by atoms with Crippen molar-refractivity contribution in [1.29, 1.82) is 0 Å². The Labute approximate surface area is 98.8 Å². The lowest BCUT2D eigenvalue weighted by Gasteiger charge is -2.09. The monoisotopic (exact) mass is 234 g/mol. The Morgan fingerprint density at radius 3 is 2.62 bits per heavy atom. The van der Waals surface area contributed by atoms with Crippen LogP contribution in [0.2, 0.25) is 0 Å². The van der Waals surface area contributed by atoms with Gasteiger partial charge in [-0.3, -0.25) is 4.98 Å². The number of hydrogen-bond donors (Lipinski definition) is 1. The molecule has 0 fully saturated rings. The molecule has 0 bridgehead atoms. The lowest BCUT2D eigenvalue weighted by Crippen LogP contribution is -2.06. The van der Waals surface area contributed by atoms with Crippen LogP contribution in [0.3, 0.4) is 0 Å². The molecule has 0 spiro atoms. The molecule has 0 aliphatic heterocycles. The highest BCUT2D eigenvalue weighted by Gasteiger charge is 2.09. The van der Waals surface area contributed by atoms with Gasteiger partial charge >= 0.3 is 0 Å². The molecular weight excluding hydrogens is 220 g/mol. The summed E-state index contributed by atoms with van der Waals surface area (Å²) >= 11 is 1.64. The zero-order valence-electron chi connectivity index (χ0n) is 9.61. The Bertz CT molecular complexity index is 479. The van der Waals surface area contributed by atoms with Gasteiger partial charge in [0.05, 0.1) is 22.1 Å². The summed E-state index contributed by atoms with van der Waals surface area (Å²) in [4.78, 5) is 13.3. The fourth-order valence-electron chi connectivity index (χ4n) is 1.46. The first-order chi connectivity index (χ1) is 7.70. The first kappa shape index (κ1) is 11.0. The third-order valence-corrected chi connectivity index (χ3v) is 3.20. The molecular formula is C11H14N4S. The molecule has 0 radical (unpaired) electrons. The van der Waals surface area contributed by atoms with Gasteiger partial charge in [-0.2, -0.15) is 0 Å². The van der Waals surface area contributed by atoms with Crippen LogP contribution < -0.4 is 5.32 Å². The van der Waals surface area contributed by atoms with E-state index < -0.39 is 0 Å². The van der Waals surface area contributed by atoms with E-state index >= 15 is 0 Å². The summed E-state index contributed by atoms with van der Waals surface area (Å²) in [7, 11) is 1.87. The van der Waals surface area contributed by atoms with Gasteiger partial charge in [-0.05, 0) is 13.8 Å². The van der Waals surface area contributed by atoms with Gasteiger partial charge in [0.25, 0.3) is 0 Å². The molecule has 2 heterocycles. The number of anilines is 1. The van der Waals surface area contributed by atoms with Crippen LogP contribution in [0.5, 0.6) is 0 Å². The number of aromatic nitrogens is 3. The van der Waals surface area contributed by atoms with Crippen molar-refractivity contribution in [3.63, 3.8) is 0 Å². The average molecular weight is 234 g/mol. The van der Waals surface area contributed by atoms with Crippen molar-refractivity contribution < 1.29 is 0 Å². The van der Waals surface area contributed by atoms with Crippen molar-refractivity contribution in [2.45, 2.75) is 20.3 Å². The van der Waals surface area contributed by atoms with E-state index in [0.717, 1.165) is 34.3 Å². The van der Waals surface area contributed by atoms with Gasteiger partial charge in [0.15, 0.2) is 0 Å². The van der Waals surface area contributed by atoms with Gasteiger partial charge in [0, 0.05) is 25.0 Å². The first-order valence-corrected chi connectivity index (χ1v) is 5.99. The van der Waals surface area contributed by atoms with Crippen LogP contribution in [0.25, 0.3) is 0 Å². The minimum Gasteiger partial charge on any atom is -0.372 e. The summed E-state index contributed by atoms with van der Waals surface area (Å²) in [6.07, 6.45) is 2.55. The highest BCUT2D eigenvalue weighted by molar-refractivity contribution is 7.09. The molecule has 0 aliphatic rings. The number of hydrogen-bond acceptors (Lipinski definition) is 5. The van der Waals surface area contributed by atoms with Crippen LogP contribution >= 0.6 is 11.3 Å². The Morgan fingerprint density at radius 1 is 1.25 bits per heavy atom. The summed E-state index contributed by atoms with van der Waals surface area (Å²) in [6.45, 7) is 3.95. The maximum atomic E-state index is 4.56. The van der Waals surface area contributed by atoms with E-state index in [-0.39, 0.29) is 0 Å². The lowest BCUT2D eigenvalue weighted by atomic mass is 10.2. The van der Waals surface area contributed by atoms with Crippen molar-refractivity contribution in [2.24, 2.45) is 0 Å². The fraction of sp³-hybridized carbons (Fsp3) is 0.364. The van der Waals surface area contributed by atoms with Gasteiger partial charge in [-0.15, -0.1) is 11.3 Å². The maximum absolute atomic E-state index is 4.56. The number of nitrogens with one attached hydrogen (secondary N) is 1. The number of rotatable bonds is 3. The molecule has 16 heavy (non-hydrogen) atoms. The molecule has 0 amide bonds. The SMILES string of the molecule is CNc1nc(C)c(C)nc1Cc1nccs1. The van der Waals surface area contributed by atoms with Gasteiger partial charge in [-0.1, -0.05) is 0 Å². The molecule has 5 heteroatoms. The van der Waals surface area contributed by atoms with Crippen molar-refractivity contribution in [2.75, 3.05) is 12.4 Å². The van der Waals surface area contributed by atoms with Crippen LogP contribution in [0.1, 0.15) is 22.1 Å².